The van der Waals surface area contributed by atoms with Crippen LogP contribution in [0.1, 0.15) is 0 Å². The van der Waals surface area contributed by atoms with Crippen molar-refractivity contribution in [3.05, 3.63) is 57.5 Å². The molecule has 0 saturated heterocycles. The van der Waals surface area contributed by atoms with Crippen molar-refractivity contribution in [2.75, 3.05) is 5.43 Å². The van der Waals surface area contributed by atoms with Crippen molar-refractivity contribution in [2.24, 2.45) is 15.3 Å². The molecule has 0 amide bonds. The number of nitrogens with one attached hydrogen (secondary N) is 1. The van der Waals surface area contributed by atoms with Gasteiger partial charge in [-0.05, 0) is 48.5 Å². The van der Waals surface area contributed by atoms with E-state index in [2.05, 4.69) is 52.6 Å². The van der Waals surface area contributed by atoms with Crippen LogP contribution in [0.4, 0.5) is 11.4 Å². The molecule has 0 unspecified atom stereocenters. The molecule has 2 aromatic carbocycles. The molecule has 0 aromatic heterocycles. The highest BCUT2D eigenvalue weighted by atomic mass is 79.9. The fraction of sp³-hybridized carbons (Fsp3) is 0. The molecule has 2 aromatic rings. The maximum Gasteiger partial charge on any atom is 0.270 e. The second-order valence-electron chi connectivity index (χ2n) is 3.84. The lowest BCUT2D eigenvalue weighted by molar-refractivity contribution is 1.23. The monoisotopic (exact) mass is 405 g/mol. The molecular weight excluding hydrogens is 398 g/mol. The molecule has 0 heterocycles. The molecule has 0 fully saturated rings. The number of anilines is 1. The molecule has 0 aliphatic heterocycles. The van der Waals surface area contributed by atoms with Crippen molar-refractivity contribution in [2.45, 2.75) is 0 Å². The highest BCUT2D eigenvalue weighted by Crippen LogP contribution is 2.17. The number of rotatable bonds is 3. The van der Waals surface area contributed by atoms with Crippen LogP contribution in [0.15, 0.2) is 72.8 Å². The van der Waals surface area contributed by atoms with Crippen LogP contribution in [0.3, 0.4) is 0 Å². The van der Waals surface area contributed by atoms with E-state index in [1.165, 1.54) is 0 Å². The summed E-state index contributed by atoms with van der Waals surface area (Å²) in [5.74, 6) is -0.0548. The van der Waals surface area contributed by atoms with Gasteiger partial charge in [-0.25, -0.2) is 0 Å². The topological polar surface area (TPSA) is 72.9 Å². The highest BCUT2D eigenvalue weighted by molar-refractivity contribution is 9.10. The Balaban J connectivity index is 2.05. The van der Waals surface area contributed by atoms with Gasteiger partial charge in [0.2, 0.25) is 0 Å². The van der Waals surface area contributed by atoms with Crippen LogP contribution in [-0.2, 0) is 0 Å². The van der Waals surface area contributed by atoms with Crippen molar-refractivity contribution >= 4 is 49.1 Å². The third-order valence-electron chi connectivity index (χ3n) is 2.32. The van der Waals surface area contributed by atoms with Crippen molar-refractivity contribution in [3.8, 4) is 6.07 Å². The molecule has 2 rings (SSSR count). The number of hydrogen-bond donors (Lipinski definition) is 1. The zero-order valence-electron chi connectivity index (χ0n) is 10.7. The summed E-state index contributed by atoms with van der Waals surface area (Å²) < 4.78 is 1.92. The Morgan fingerprint density at radius 3 is 2.10 bits per heavy atom. The number of azo groups is 1. The average Bonchev–Trinajstić information content (AvgIpc) is 2.51. The normalized spacial score (nSPS) is 11.4. The van der Waals surface area contributed by atoms with Crippen molar-refractivity contribution in [1.82, 2.24) is 0 Å². The number of nitrogens with zero attached hydrogens (tertiary/aromatic N) is 4. The van der Waals surface area contributed by atoms with Crippen molar-refractivity contribution in [3.63, 3.8) is 0 Å². The summed E-state index contributed by atoms with van der Waals surface area (Å²) in [4.78, 5) is 0. The fourth-order valence-corrected chi connectivity index (χ4v) is 1.85. The first kappa shape index (κ1) is 15.4. The second kappa shape index (κ2) is 7.67. The number of hydrogen-bond acceptors (Lipinski definition) is 4. The van der Waals surface area contributed by atoms with Gasteiger partial charge in [0.05, 0.1) is 11.4 Å². The lowest BCUT2D eigenvalue weighted by Crippen LogP contribution is -1.95. The molecule has 1 N–H and O–H groups in total. The van der Waals surface area contributed by atoms with Gasteiger partial charge in [0.25, 0.3) is 5.84 Å². The minimum Gasteiger partial charge on any atom is -0.276 e. The zero-order chi connectivity index (χ0) is 15.1. The molecule has 0 saturated carbocycles. The number of amidine groups is 1. The fourth-order valence-electron chi connectivity index (χ4n) is 1.32. The first-order valence-corrected chi connectivity index (χ1v) is 7.42. The van der Waals surface area contributed by atoms with Gasteiger partial charge < -0.3 is 0 Å². The highest BCUT2D eigenvalue weighted by Gasteiger charge is 1.96. The van der Waals surface area contributed by atoms with E-state index in [0.29, 0.717) is 5.69 Å². The summed E-state index contributed by atoms with van der Waals surface area (Å²) in [5.41, 5.74) is 4.15. The van der Waals surface area contributed by atoms with Gasteiger partial charge in [0.15, 0.2) is 0 Å². The van der Waals surface area contributed by atoms with Gasteiger partial charge in [0.1, 0.15) is 6.07 Å². The van der Waals surface area contributed by atoms with E-state index in [4.69, 9.17) is 5.26 Å². The molecule has 0 bridgehead atoms. The minimum absolute atomic E-state index is 0.0548. The van der Waals surface area contributed by atoms with Crippen LogP contribution in [-0.4, -0.2) is 5.84 Å². The van der Waals surface area contributed by atoms with E-state index in [1.807, 2.05) is 42.5 Å². The Labute approximate surface area is 138 Å². The van der Waals surface area contributed by atoms with Crippen LogP contribution in [0.25, 0.3) is 0 Å². The van der Waals surface area contributed by atoms with E-state index < -0.39 is 0 Å². The predicted octanol–water partition coefficient (Wildman–Crippen LogP) is 5.24. The molecule has 7 heteroatoms. The van der Waals surface area contributed by atoms with Crippen LogP contribution >= 0.6 is 31.9 Å². The summed E-state index contributed by atoms with van der Waals surface area (Å²) in [7, 11) is 0. The molecule has 0 atom stereocenters. The SMILES string of the molecule is N#C/C(N=Nc1ccc(Br)cc1)=N\Nc1ccc(Br)cc1. The Hall–Kier alpha value is -2.04. The Kier molecular flexibility index (Phi) is 5.60. The van der Waals surface area contributed by atoms with E-state index in [0.717, 1.165) is 14.6 Å². The maximum absolute atomic E-state index is 8.98. The number of benzene rings is 2. The Bertz CT molecular complexity index is 700. The molecule has 0 spiro atoms. The Morgan fingerprint density at radius 2 is 1.52 bits per heavy atom. The average molecular weight is 407 g/mol. The van der Waals surface area contributed by atoms with E-state index in [-0.39, 0.29) is 5.84 Å². The van der Waals surface area contributed by atoms with Gasteiger partial charge in [-0.3, -0.25) is 5.43 Å². The maximum atomic E-state index is 8.98. The molecule has 21 heavy (non-hydrogen) atoms. The molecule has 104 valence electrons. The number of hydrazone groups is 1. The first-order chi connectivity index (χ1) is 10.2. The summed E-state index contributed by atoms with van der Waals surface area (Å²) >= 11 is 6.68. The van der Waals surface area contributed by atoms with Crippen LogP contribution < -0.4 is 5.43 Å². The van der Waals surface area contributed by atoms with E-state index in [9.17, 15) is 0 Å². The Morgan fingerprint density at radius 1 is 0.952 bits per heavy atom. The van der Waals surface area contributed by atoms with Gasteiger partial charge in [0, 0.05) is 8.95 Å². The number of halogens is 2. The zero-order valence-corrected chi connectivity index (χ0v) is 13.8. The minimum atomic E-state index is -0.0548. The lowest BCUT2D eigenvalue weighted by atomic mass is 10.3. The predicted molar refractivity (Wildman–Crippen MR) is 89.5 cm³/mol. The summed E-state index contributed by atoms with van der Waals surface area (Å²) in [5, 5.41) is 20.6. The smallest absolute Gasteiger partial charge is 0.270 e. The molecule has 0 radical (unpaired) electrons. The summed E-state index contributed by atoms with van der Waals surface area (Å²) in [6.45, 7) is 0. The van der Waals surface area contributed by atoms with E-state index >= 15 is 0 Å². The third kappa shape index (κ3) is 5.10. The van der Waals surface area contributed by atoms with Crippen LogP contribution in [0.2, 0.25) is 0 Å². The molecular formula is C14H9Br2N5. The largest absolute Gasteiger partial charge is 0.276 e. The molecule has 0 aliphatic rings. The van der Waals surface area contributed by atoms with Crippen LogP contribution in [0, 0.1) is 11.3 Å². The van der Waals surface area contributed by atoms with Crippen molar-refractivity contribution in [1.29, 1.82) is 5.26 Å². The third-order valence-corrected chi connectivity index (χ3v) is 3.38. The van der Waals surface area contributed by atoms with Gasteiger partial charge in [-0.15, -0.1) is 15.3 Å². The van der Waals surface area contributed by atoms with Gasteiger partial charge in [-0.2, -0.15) is 5.26 Å². The quantitative estimate of drug-likeness (QED) is 0.327. The van der Waals surface area contributed by atoms with Crippen molar-refractivity contribution < 1.29 is 0 Å². The number of nitriles is 1. The molecule has 5 nitrogen and oxygen atoms in total. The van der Waals surface area contributed by atoms with Gasteiger partial charge in [-0.1, -0.05) is 31.9 Å². The van der Waals surface area contributed by atoms with Crippen LogP contribution in [0.5, 0.6) is 0 Å². The standard InChI is InChI=1S/C14H9Br2N5/c15-10-1-5-12(6-2-10)18-20-14(9-17)21-19-13-7-3-11(16)4-8-13/h1-8,18H/b20-14+,21-19?. The second-order valence-corrected chi connectivity index (χ2v) is 5.67. The molecule has 0 aliphatic carbocycles. The van der Waals surface area contributed by atoms with E-state index in [1.54, 1.807) is 12.1 Å². The van der Waals surface area contributed by atoms with Gasteiger partial charge >= 0.3 is 0 Å². The summed E-state index contributed by atoms with van der Waals surface area (Å²) in [6, 6.07) is 16.5. The summed E-state index contributed by atoms with van der Waals surface area (Å²) in [6.07, 6.45) is 0. The lowest BCUT2D eigenvalue weighted by Gasteiger charge is -1.99. The first-order valence-electron chi connectivity index (χ1n) is 5.84.